The first-order valence-electron chi connectivity index (χ1n) is 7.84. The maximum Gasteiger partial charge on any atom is 0.251 e. The number of carbonyl (C=O) groups excluding carboxylic acids is 2. The third-order valence-electron chi connectivity index (χ3n) is 4.08. The molecule has 1 saturated heterocycles. The first-order valence-corrected chi connectivity index (χ1v) is 7.84. The number of rotatable bonds is 5. The Balaban J connectivity index is 1.60. The van der Waals surface area contributed by atoms with Crippen LogP contribution in [-0.4, -0.2) is 23.3 Å². The van der Waals surface area contributed by atoms with Crippen LogP contribution in [0.2, 0.25) is 0 Å². The van der Waals surface area contributed by atoms with Gasteiger partial charge in [0, 0.05) is 25.1 Å². The van der Waals surface area contributed by atoms with E-state index < -0.39 is 0 Å². The number of furan rings is 1. The molecule has 2 heterocycles. The number of nitrogens with zero attached hydrogens (tertiary/aromatic N) is 1. The second-order valence-corrected chi connectivity index (χ2v) is 5.83. The molecular weight excluding hydrogens is 292 g/mol. The highest BCUT2D eigenvalue weighted by Crippen LogP contribution is 2.16. The van der Waals surface area contributed by atoms with Crippen molar-refractivity contribution in [2.75, 3.05) is 6.54 Å². The number of hydrogen-bond donors (Lipinski definition) is 1. The minimum Gasteiger partial charge on any atom is -0.467 e. The summed E-state index contributed by atoms with van der Waals surface area (Å²) in [7, 11) is 0. The van der Waals surface area contributed by atoms with Gasteiger partial charge in [-0.05, 0) is 43.2 Å². The zero-order chi connectivity index (χ0) is 16.2. The number of likely N-dealkylation sites (tertiary alicyclic amines) is 1. The topological polar surface area (TPSA) is 62.6 Å². The summed E-state index contributed by atoms with van der Waals surface area (Å²) in [6.07, 6.45) is 3.17. The molecule has 0 saturated carbocycles. The lowest BCUT2D eigenvalue weighted by atomic mass is 10.1. The fraction of sp³-hybridized carbons (Fsp3) is 0.333. The fourth-order valence-corrected chi connectivity index (χ4v) is 2.74. The van der Waals surface area contributed by atoms with E-state index in [1.807, 2.05) is 30.0 Å². The SMILES string of the molecule is C[C@H](NC(=O)c1ccc(CN2CCCC2=O)cc1)c1ccco1. The summed E-state index contributed by atoms with van der Waals surface area (Å²) < 4.78 is 5.28. The van der Waals surface area contributed by atoms with Gasteiger partial charge in [0.1, 0.15) is 5.76 Å². The molecule has 0 bridgehead atoms. The first kappa shape index (κ1) is 15.3. The van der Waals surface area contributed by atoms with E-state index >= 15 is 0 Å². The van der Waals surface area contributed by atoms with Gasteiger partial charge in [-0.2, -0.15) is 0 Å². The van der Waals surface area contributed by atoms with Crippen LogP contribution in [0.25, 0.3) is 0 Å². The van der Waals surface area contributed by atoms with E-state index in [2.05, 4.69) is 5.32 Å². The number of carbonyl (C=O) groups is 2. The van der Waals surface area contributed by atoms with E-state index in [-0.39, 0.29) is 17.9 Å². The van der Waals surface area contributed by atoms with Gasteiger partial charge in [0.15, 0.2) is 0 Å². The third kappa shape index (κ3) is 3.62. The molecule has 1 aliphatic rings. The van der Waals surface area contributed by atoms with Gasteiger partial charge in [-0.1, -0.05) is 12.1 Å². The zero-order valence-corrected chi connectivity index (χ0v) is 13.1. The van der Waals surface area contributed by atoms with Gasteiger partial charge in [0.25, 0.3) is 5.91 Å². The van der Waals surface area contributed by atoms with Crippen molar-refractivity contribution in [1.82, 2.24) is 10.2 Å². The largest absolute Gasteiger partial charge is 0.467 e. The Labute approximate surface area is 135 Å². The molecule has 5 heteroatoms. The van der Waals surface area contributed by atoms with Crippen LogP contribution in [0, 0.1) is 0 Å². The van der Waals surface area contributed by atoms with Crippen LogP contribution in [0.1, 0.15) is 47.5 Å². The predicted octanol–water partition coefficient (Wildman–Crippen LogP) is 2.89. The molecule has 1 fully saturated rings. The first-order chi connectivity index (χ1) is 11.1. The van der Waals surface area contributed by atoms with Crippen molar-refractivity contribution >= 4 is 11.8 Å². The average molecular weight is 312 g/mol. The normalized spacial score (nSPS) is 15.7. The Morgan fingerprint density at radius 2 is 2.09 bits per heavy atom. The van der Waals surface area contributed by atoms with Gasteiger partial charge < -0.3 is 14.6 Å². The minimum absolute atomic E-state index is 0.141. The second-order valence-electron chi connectivity index (χ2n) is 5.83. The molecule has 120 valence electrons. The van der Waals surface area contributed by atoms with Crippen molar-refractivity contribution in [3.05, 3.63) is 59.5 Å². The van der Waals surface area contributed by atoms with Crippen LogP contribution in [0.15, 0.2) is 47.1 Å². The molecule has 0 unspecified atom stereocenters. The van der Waals surface area contributed by atoms with Gasteiger partial charge in [0.2, 0.25) is 5.91 Å². The molecule has 3 rings (SSSR count). The number of hydrogen-bond acceptors (Lipinski definition) is 3. The quantitative estimate of drug-likeness (QED) is 0.923. The molecule has 0 aliphatic carbocycles. The summed E-state index contributed by atoms with van der Waals surface area (Å²) in [5.41, 5.74) is 1.63. The summed E-state index contributed by atoms with van der Waals surface area (Å²) in [4.78, 5) is 25.7. The summed E-state index contributed by atoms with van der Waals surface area (Å²) in [6.45, 7) is 3.31. The number of benzene rings is 1. The van der Waals surface area contributed by atoms with Crippen molar-refractivity contribution < 1.29 is 14.0 Å². The summed E-state index contributed by atoms with van der Waals surface area (Å²) >= 11 is 0. The van der Waals surface area contributed by atoms with Crippen molar-refractivity contribution in [2.24, 2.45) is 0 Å². The van der Waals surface area contributed by atoms with Crippen molar-refractivity contribution in [1.29, 1.82) is 0 Å². The number of nitrogens with one attached hydrogen (secondary N) is 1. The lowest BCUT2D eigenvalue weighted by Crippen LogP contribution is -2.26. The Morgan fingerprint density at radius 1 is 1.30 bits per heavy atom. The lowest BCUT2D eigenvalue weighted by molar-refractivity contribution is -0.128. The van der Waals surface area contributed by atoms with Crippen molar-refractivity contribution in [3.63, 3.8) is 0 Å². The molecule has 1 atom stereocenters. The van der Waals surface area contributed by atoms with E-state index in [1.54, 1.807) is 24.5 Å². The summed E-state index contributed by atoms with van der Waals surface area (Å²) in [6, 6.07) is 10.8. The van der Waals surface area contributed by atoms with Crippen LogP contribution >= 0.6 is 0 Å². The van der Waals surface area contributed by atoms with E-state index in [9.17, 15) is 9.59 Å². The molecule has 2 amide bonds. The molecule has 0 spiro atoms. The molecule has 1 N–H and O–H groups in total. The smallest absolute Gasteiger partial charge is 0.251 e. The Hall–Kier alpha value is -2.56. The van der Waals surface area contributed by atoms with Crippen LogP contribution in [0.5, 0.6) is 0 Å². The van der Waals surface area contributed by atoms with E-state index in [1.165, 1.54) is 0 Å². The highest BCUT2D eigenvalue weighted by atomic mass is 16.3. The maximum absolute atomic E-state index is 12.2. The van der Waals surface area contributed by atoms with Crippen LogP contribution in [-0.2, 0) is 11.3 Å². The molecule has 1 aromatic carbocycles. The molecule has 1 aliphatic heterocycles. The van der Waals surface area contributed by atoms with Crippen LogP contribution < -0.4 is 5.32 Å². The van der Waals surface area contributed by atoms with E-state index in [0.717, 1.165) is 24.3 Å². The van der Waals surface area contributed by atoms with Crippen molar-refractivity contribution in [2.45, 2.75) is 32.4 Å². The maximum atomic E-state index is 12.2. The molecule has 23 heavy (non-hydrogen) atoms. The molecule has 0 radical (unpaired) electrons. The van der Waals surface area contributed by atoms with Gasteiger partial charge in [-0.3, -0.25) is 9.59 Å². The van der Waals surface area contributed by atoms with Crippen LogP contribution in [0.4, 0.5) is 0 Å². The highest BCUT2D eigenvalue weighted by Gasteiger charge is 2.20. The van der Waals surface area contributed by atoms with Gasteiger partial charge >= 0.3 is 0 Å². The standard InChI is InChI=1S/C18H20N2O3/c1-13(16-4-3-11-23-16)19-18(22)15-8-6-14(7-9-15)12-20-10-2-5-17(20)21/h3-4,6-9,11,13H,2,5,10,12H2,1H3,(H,19,22)/t13-/m0/s1. The highest BCUT2D eigenvalue weighted by molar-refractivity contribution is 5.94. The van der Waals surface area contributed by atoms with Gasteiger partial charge in [-0.25, -0.2) is 0 Å². The third-order valence-corrected chi connectivity index (χ3v) is 4.08. The van der Waals surface area contributed by atoms with Crippen LogP contribution in [0.3, 0.4) is 0 Å². The summed E-state index contributed by atoms with van der Waals surface area (Å²) in [5, 5.41) is 2.90. The lowest BCUT2D eigenvalue weighted by Gasteiger charge is -2.16. The van der Waals surface area contributed by atoms with E-state index in [0.29, 0.717) is 18.5 Å². The summed E-state index contributed by atoms with van der Waals surface area (Å²) in [5.74, 6) is 0.791. The van der Waals surface area contributed by atoms with Gasteiger partial charge in [-0.15, -0.1) is 0 Å². The molecular formula is C18H20N2O3. The fourth-order valence-electron chi connectivity index (χ4n) is 2.74. The zero-order valence-electron chi connectivity index (χ0n) is 13.1. The average Bonchev–Trinajstić information content (AvgIpc) is 3.20. The molecule has 2 aromatic rings. The molecule has 5 nitrogen and oxygen atoms in total. The Kier molecular flexibility index (Phi) is 4.46. The molecule has 1 aromatic heterocycles. The number of amides is 2. The van der Waals surface area contributed by atoms with E-state index in [4.69, 9.17) is 4.42 Å². The minimum atomic E-state index is -0.181. The Bertz CT molecular complexity index is 677. The predicted molar refractivity (Wildman–Crippen MR) is 85.7 cm³/mol. The monoisotopic (exact) mass is 312 g/mol. The Morgan fingerprint density at radius 3 is 2.70 bits per heavy atom. The van der Waals surface area contributed by atoms with Crippen molar-refractivity contribution in [3.8, 4) is 0 Å². The van der Waals surface area contributed by atoms with Gasteiger partial charge in [0.05, 0.1) is 12.3 Å². The second kappa shape index (κ2) is 6.69.